The number of rotatable bonds is 3. The summed E-state index contributed by atoms with van der Waals surface area (Å²) in [4.78, 5) is 26.4. The summed E-state index contributed by atoms with van der Waals surface area (Å²) in [6, 6.07) is 11.2. The van der Waals surface area contributed by atoms with Crippen molar-refractivity contribution in [3.63, 3.8) is 0 Å². The van der Waals surface area contributed by atoms with Gasteiger partial charge in [0, 0.05) is 32.7 Å². The van der Waals surface area contributed by atoms with E-state index in [1.807, 2.05) is 27.7 Å². The van der Waals surface area contributed by atoms with Gasteiger partial charge < -0.3 is 0 Å². The second kappa shape index (κ2) is 8.51. The molecule has 0 radical (unpaired) electrons. The van der Waals surface area contributed by atoms with Gasteiger partial charge in [0.2, 0.25) is 0 Å². The summed E-state index contributed by atoms with van der Waals surface area (Å²) >= 11 is 18.0. The van der Waals surface area contributed by atoms with Crippen LogP contribution in [0.4, 0.5) is 0 Å². The third-order valence-electron chi connectivity index (χ3n) is 3.80. The Balaban J connectivity index is 2.48. The summed E-state index contributed by atoms with van der Waals surface area (Å²) in [7, 11) is 0. The molecule has 4 nitrogen and oxygen atoms in total. The van der Waals surface area contributed by atoms with Crippen molar-refractivity contribution in [3.8, 4) is 0 Å². The molecule has 7 heteroatoms. The highest BCUT2D eigenvalue weighted by molar-refractivity contribution is 6.35. The van der Waals surface area contributed by atoms with E-state index in [9.17, 15) is 9.59 Å². The zero-order valence-electron chi connectivity index (χ0n) is 15.6. The Morgan fingerprint density at radius 3 is 1.78 bits per heavy atom. The van der Waals surface area contributed by atoms with Gasteiger partial charge in [0.15, 0.2) is 0 Å². The highest BCUT2D eigenvalue weighted by Gasteiger charge is 2.35. The molecule has 0 fully saturated rings. The quantitative estimate of drug-likeness (QED) is 0.567. The first-order valence-electron chi connectivity index (χ1n) is 8.42. The van der Waals surface area contributed by atoms with Gasteiger partial charge in [-0.05, 0) is 70.2 Å². The molecule has 27 heavy (non-hydrogen) atoms. The number of hydrazine groups is 1. The van der Waals surface area contributed by atoms with Crippen molar-refractivity contribution in [2.45, 2.75) is 33.2 Å². The largest absolute Gasteiger partial charge is 0.273 e. The van der Waals surface area contributed by atoms with E-state index in [2.05, 4.69) is 0 Å². The van der Waals surface area contributed by atoms with Gasteiger partial charge in [0.05, 0.1) is 5.54 Å². The Morgan fingerprint density at radius 2 is 1.33 bits per heavy atom. The molecule has 0 heterocycles. The van der Waals surface area contributed by atoms with Crippen molar-refractivity contribution < 1.29 is 9.59 Å². The molecule has 0 aliphatic carbocycles. The van der Waals surface area contributed by atoms with Crippen LogP contribution in [-0.2, 0) is 0 Å². The fraction of sp³-hybridized carbons (Fsp3) is 0.300. The molecule has 2 rings (SSSR count). The average molecular weight is 428 g/mol. The van der Waals surface area contributed by atoms with E-state index in [1.165, 1.54) is 22.2 Å². The fourth-order valence-corrected chi connectivity index (χ4v) is 3.35. The molecule has 0 saturated heterocycles. The van der Waals surface area contributed by atoms with Crippen molar-refractivity contribution >= 4 is 46.6 Å². The maximum absolute atomic E-state index is 13.3. The summed E-state index contributed by atoms with van der Waals surface area (Å²) in [5.41, 5.74) is 0.0847. The molecule has 144 valence electrons. The van der Waals surface area contributed by atoms with E-state index in [0.717, 1.165) is 0 Å². The number of hydrogen-bond donors (Lipinski definition) is 0. The predicted octanol–water partition coefficient (Wildman–Crippen LogP) is 5.96. The van der Waals surface area contributed by atoms with Gasteiger partial charge in [-0.3, -0.25) is 9.59 Å². The maximum atomic E-state index is 13.3. The lowest BCUT2D eigenvalue weighted by atomic mass is 10.1. The molecule has 0 aliphatic heterocycles. The van der Waals surface area contributed by atoms with E-state index in [4.69, 9.17) is 34.8 Å². The topological polar surface area (TPSA) is 40.6 Å². The monoisotopic (exact) mass is 426 g/mol. The van der Waals surface area contributed by atoms with E-state index in [-0.39, 0.29) is 11.8 Å². The maximum Gasteiger partial charge on any atom is 0.273 e. The molecule has 0 aromatic heterocycles. The van der Waals surface area contributed by atoms with E-state index >= 15 is 0 Å². The molecule has 2 aromatic carbocycles. The lowest BCUT2D eigenvalue weighted by molar-refractivity contribution is -0.0410. The molecular weight excluding hydrogens is 407 g/mol. The van der Waals surface area contributed by atoms with Gasteiger partial charge in [-0.1, -0.05) is 34.8 Å². The highest BCUT2D eigenvalue weighted by atomic mass is 35.5. The first kappa shape index (κ1) is 21.5. The van der Waals surface area contributed by atoms with Crippen LogP contribution in [0.2, 0.25) is 15.1 Å². The molecule has 0 unspecified atom stereocenters. The van der Waals surface area contributed by atoms with Crippen LogP contribution in [0.3, 0.4) is 0 Å². The molecule has 0 saturated carbocycles. The first-order chi connectivity index (χ1) is 12.5. The van der Waals surface area contributed by atoms with Crippen LogP contribution in [-0.4, -0.2) is 33.9 Å². The summed E-state index contributed by atoms with van der Waals surface area (Å²) in [6.07, 6.45) is 0. The Bertz CT molecular complexity index is 825. The normalized spacial score (nSPS) is 11.2. The van der Waals surface area contributed by atoms with Gasteiger partial charge in [0.25, 0.3) is 11.8 Å². The van der Waals surface area contributed by atoms with Gasteiger partial charge in [-0.25, -0.2) is 10.0 Å². The summed E-state index contributed by atoms with van der Waals surface area (Å²) in [6.45, 7) is 7.68. The third-order valence-corrected chi connectivity index (χ3v) is 4.49. The summed E-state index contributed by atoms with van der Waals surface area (Å²) in [5.74, 6) is -0.665. The molecule has 0 aliphatic rings. The van der Waals surface area contributed by atoms with Crippen molar-refractivity contribution in [1.82, 2.24) is 10.0 Å². The fourth-order valence-electron chi connectivity index (χ4n) is 2.69. The van der Waals surface area contributed by atoms with Crippen molar-refractivity contribution in [2.24, 2.45) is 0 Å². The van der Waals surface area contributed by atoms with Gasteiger partial charge in [0.1, 0.15) is 0 Å². The van der Waals surface area contributed by atoms with Crippen molar-refractivity contribution in [3.05, 3.63) is 68.7 Å². The number of carbonyl (C=O) groups is 2. The van der Waals surface area contributed by atoms with Crippen LogP contribution >= 0.6 is 34.8 Å². The Hall–Kier alpha value is -1.75. The zero-order chi connectivity index (χ0) is 20.4. The number of halogens is 3. The number of carbonyl (C=O) groups excluding carboxylic acids is 2. The smallest absolute Gasteiger partial charge is 0.267 e. The second-order valence-corrected chi connectivity index (χ2v) is 8.28. The lowest BCUT2D eigenvalue weighted by Gasteiger charge is -2.43. The number of hydrogen-bond acceptors (Lipinski definition) is 2. The minimum absolute atomic E-state index is 0.300. The van der Waals surface area contributed by atoms with Gasteiger partial charge in [-0.15, -0.1) is 0 Å². The molecule has 0 bridgehead atoms. The number of nitrogens with zero attached hydrogens (tertiary/aromatic N) is 2. The van der Waals surface area contributed by atoms with Crippen LogP contribution < -0.4 is 0 Å². The first-order valence-corrected chi connectivity index (χ1v) is 9.56. The number of benzene rings is 2. The average Bonchev–Trinajstić information content (AvgIpc) is 2.57. The Labute approximate surface area is 174 Å². The van der Waals surface area contributed by atoms with Gasteiger partial charge in [-0.2, -0.15) is 0 Å². The van der Waals surface area contributed by atoms with Crippen molar-refractivity contribution in [1.29, 1.82) is 0 Å². The second-order valence-electron chi connectivity index (χ2n) is 6.97. The van der Waals surface area contributed by atoms with Crippen LogP contribution in [0.5, 0.6) is 0 Å². The minimum atomic E-state index is -0.663. The minimum Gasteiger partial charge on any atom is -0.267 e. The number of amides is 2. The molecule has 0 N–H and O–H groups in total. The van der Waals surface area contributed by atoms with Gasteiger partial charge >= 0.3 is 0 Å². The van der Waals surface area contributed by atoms with Crippen LogP contribution in [0, 0.1) is 0 Å². The lowest BCUT2D eigenvalue weighted by Crippen LogP contribution is -2.58. The van der Waals surface area contributed by atoms with E-state index in [1.54, 1.807) is 30.3 Å². The SMILES string of the molecule is CCN(C(=O)c1ccc(Cl)cc1)N(C(=O)c1cc(Cl)cc(Cl)c1)C(C)(C)C. The molecule has 0 atom stereocenters. The highest BCUT2D eigenvalue weighted by Crippen LogP contribution is 2.26. The summed E-state index contributed by atoms with van der Waals surface area (Å²) in [5, 5.41) is 4.09. The molecule has 2 aromatic rings. The molecule has 2 amide bonds. The molecule has 0 spiro atoms. The van der Waals surface area contributed by atoms with Crippen LogP contribution in [0.25, 0.3) is 0 Å². The van der Waals surface area contributed by atoms with Crippen LogP contribution in [0.15, 0.2) is 42.5 Å². The zero-order valence-corrected chi connectivity index (χ0v) is 17.9. The Morgan fingerprint density at radius 1 is 0.815 bits per heavy atom. The standard InChI is InChI=1S/C20H21Cl3N2O2/c1-5-24(18(26)13-6-8-15(21)9-7-13)25(20(2,3)4)19(27)14-10-16(22)12-17(23)11-14/h6-12H,5H2,1-4H3. The predicted molar refractivity (Wildman–Crippen MR) is 111 cm³/mol. The molecular formula is C20H21Cl3N2O2. The Kier molecular flexibility index (Phi) is 6.79. The van der Waals surface area contributed by atoms with Crippen LogP contribution in [0.1, 0.15) is 48.4 Å². The third kappa shape index (κ3) is 5.16. The summed E-state index contributed by atoms with van der Waals surface area (Å²) < 4.78 is 0. The van der Waals surface area contributed by atoms with E-state index < -0.39 is 5.54 Å². The van der Waals surface area contributed by atoms with Crippen molar-refractivity contribution in [2.75, 3.05) is 6.54 Å². The van der Waals surface area contributed by atoms with E-state index in [0.29, 0.717) is 32.7 Å².